The van der Waals surface area contributed by atoms with Crippen LogP contribution >= 0.6 is 11.3 Å². The van der Waals surface area contributed by atoms with Crippen LogP contribution in [0.25, 0.3) is 10.3 Å². The summed E-state index contributed by atoms with van der Waals surface area (Å²) in [5.41, 5.74) is 7.55. The molecule has 10 heteroatoms. The topological polar surface area (TPSA) is 117 Å². The standard InChI is InChI=1S/C16H22N6O3S/c17-11-8-12-13(20-15(26-12)21-4-6-25-7-5-21)19-14(11)22-3-1-2-10(9-22)18-16(23)24/h8,10,18H,1-7,9,17H2,(H,23,24)/t10-/m0/s1. The number of nitrogens with two attached hydrogens (primary N) is 1. The van der Waals surface area contributed by atoms with Crippen LogP contribution in [0.5, 0.6) is 0 Å². The Morgan fingerprint density at radius 3 is 2.88 bits per heavy atom. The summed E-state index contributed by atoms with van der Waals surface area (Å²) < 4.78 is 6.36. The normalized spacial score (nSPS) is 21.2. The van der Waals surface area contributed by atoms with Crippen LogP contribution in [0.15, 0.2) is 6.07 Å². The number of nitrogens with zero attached hydrogens (tertiary/aromatic N) is 4. The fourth-order valence-electron chi connectivity index (χ4n) is 3.46. The molecular formula is C16H22N6O3S. The van der Waals surface area contributed by atoms with Crippen molar-refractivity contribution in [2.24, 2.45) is 0 Å². The number of nitrogen functional groups attached to an aromatic ring is 1. The predicted octanol–water partition coefficient (Wildman–Crippen LogP) is 1.35. The van der Waals surface area contributed by atoms with Crippen molar-refractivity contribution in [3.05, 3.63) is 6.07 Å². The van der Waals surface area contributed by atoms with Crippen LogP contribution in [0.3, 0.4) is 0 Å². The van der Waals surface area contributed by atoms with Crippen LogP contribution in [-0.4, -0.2) is 66.6 Å². The summed E-state index contributed by atoms with van der Waals surface area (Å²) in [6, 6.07) is 1.81. The van der Waals surface area contributed by atoms with Crippen molar-refractivity contribution in [3.8, 4) is 0 Å². The first-order chi connectivity index (χ1) is 12.6. The van der Waals surface area contributed by atoms with Gasteiger partial charge < -0.3 is 30.7 Å². The van der Waals surface area contributed by atoms with E-state index < -0.39 is 6.09 Å². The lowest BCUT2D eigenvalue weighted by atomic mass is 10.1. The van der Waals surface area contributed by atoms with Crippen LogP contribution < -0.4 is 20.9 Å². The molecule has 26 heavy (non-hydrogen) atoms. The maximum atomic E-state index is 10.9. The predicted molar refractivity (Wildman–Crippen MR) is 101 cm³/mol. The summed E-state index contributed by atoms with van der Waals surface area (Å²) in [5.74, 6) is 0.688. The van der Waals surface area contributed by atoms with E-state index >= 15 is 0 Å². The third-order valence-electron chi connectivity index (χ3n) is 4.71. The lowest BCUT2D eigenvalue weighted by Gasteiger charge is -2.33. The summed E-state index contributed by atoms with van der Waals surface area (Å²) in [6.07, 6.45) is 0.714. The van der Waals surface area contributed by atoms with Gasteiger partial charge in [-0.2, -0.15) is 4.98 Å². The third-order valence-corrected chi connectivity index (χ3v) is 5.76. The number of thiazole rings is 1. The third kappa shape index (κ3) is 3.47. The van der Waals surface area contributed by atoms with Gasteiger partial charge in [-0.25, -0.2) is 9.78 Å². The highest BCUT2D eigenvalue weighted by Gasteiger charge is 2.25. The fourth-order valence-corrected chi connectivity index (χ4v) is 4.47. The summed E-state index contributed by atoms with van der Waals surface area (Å²) in [6.45, 7) is 4.45. The molecule has 2 fully saturated rings. The van der Waals surface area contributed by atoms with Crippen LogP contribution in [-0.2, 0) is 4.74 Å². The van der Waals surface area contributed by atoms with Crippen molar-refractivity contribution in [2.75, 3.05) is 54.9 Å². The number of morpholine rings is 1. The first-order valence-electron chi connectivity index (χ1n) is 8.74. The van der Waals surface area contributed by atoms with Gasteiger partial charge in [0.05, 0.1) is 23.6 Å². The second-order valence-electron chi connectivity index (χ2n) is 6.55. The Morgan fingerprint density at radius 1 is 1.31 bits per heavy atom. The van der Waals surface area contributed by atoms with Gasteiger partial charge in [0, 0.05) is 32.2 Å². The minimum absolute atomic E-state index is 0.113. The molecule has 4 heterocycles. The van der Waals surface area contributed by atoms with Gasteiger partial charge >= 0.3 is 6.09 Å². The van der Waals surface area contributed by atoms with E-state index in [0.717, 1.165) is 42.3 Å². The molecule has 1 amide bonds. The Balaban J connectivity index is 1.59. The Hall–Kier alpha value is -2.33. The van der Waals surface area contributed by atoms with Gasteiger partial charge in [0.15, 0.2) is 16.6 Å². The summed E-state index contributed by atoms with van der Waals surface area (Å²) >= 11 is 1.59. The van der Waals surface area contributed by atoms with Gasteiger partial charge in [0.1, 0.15) is 0 Å². The number of hydrogen-bond acceptors (Lipinski definition) is 8. The van der Waals surface area contributed by atoms with E-state index in [1.54, 1.807) is 11.3 Å². The summed E-state index contributed by atoms with van der Waals surface area (Å²) in [7, 11) is 0. The molecule has 0 bridgehead atoms. The van der Waals surface area contributed by atoms with Gasteiger partial charge in [-0.05, 0) is 18.9 Å². The van der Waals surface area contributed by atoms with Gasteiger partial charge in [-0.15, -0.1) is 0 Å². The van der Waals surface area contributed by atoms with E-state index in [1.165, 1.54) is 0 Å². The fraction of sp³-hybridized carbons (Fsp3) is 0.562. The number of carboxylic acid groups (broad SMARTS) is 1. The number of amides is 1. The lowest BCUT2D eigenvalue weighted by Crippen LogP contribution is -2.47. The van der Waals surface area contributed by atoms with Crippen LogP contribution in [0.4, 0.5) is 21.4 Å². The molecule has 0 spiro atoms. The number of fused-ring (bicyclic) bond motifs is 1. The molecule has 0 radical (unpaired) electrons. The maximum Gasteiger partial charge on any atom is 0.404 e. The second kappa shape index (κ2) is 7.12. The van der Waals surface area contributed by atoms with E-state index in [-0.39, 0.29) is 6.04 Å². The number of pyridine rings is 1. The first kappa shape index (κ1) is 17.1. The number of anilines is 3. The molecule has 2 aromatic rings. The van der Waals surface area contributed by atoms with Gasteiger partial charge in [-0.3, -0.25) is 0 Å². The van der Waals surface area contributed by atoms with E-state index in [9.17, 15) is 4.79 Å². The zero-order valence-electron chi connectivity index (χ0n) is 14.3. The van der Waals surface area contributed by atoms with Gasteiger partial charge in [0.2, 0.25) is 0 Å². The summed E-state index contributed by atoms with van der Waals surface area (Å²) in [4.78, 5) is 24.6. The number of hydrogen-bond donors (Lipinski definition) is 3. The number of aromatic nitrogens is 2. The number of piperidine rings is 1. The van der Waals surface area contributed by atoms with Crippen molar-refractivity contribution in [2.45, 2.75) is 18.9 Å². The largest absolute Gasteiger partial charge is 0.465 e. The monoisotopic (exact) mass is 378 g/mol. The highest BCUT2D eigenvalue weighted by Crippen LogP contribution is 2.34. The molecule has 4 N–H and O–H groups in total. The molecule has 9 nitrogen and oxygen atoms in total. The zero-order valence-corrected chi connectivity index (χ0v) is 15.2. The molecule has 140 valence electrons. The van der Waals surface area contributed by atoms with Crippen molar-refractivity contribution in [1.82, 2.24) is 15.3 Å². The molecule has 0 aliphatic carbocycles. The molecule has 1 atom stereocenters. The summed E-state index contributed by atoms with van der Waals surface area (Å²) in [5, 5.41) is 12.5. The Morgan fingerprint density at radius 2 is 2.12 bits per heavy atom. The molecule has 0 aromatic carbocycles. The number of rotatable bonds is 3. The average molecular weight is 378 g/mol. The van der Waals surface area contributed by atoms with Gasteiger partial charge in [-0.1, -0.05) is 11.3 Å². The molecule has 2 aromatic heterocycles. The number of nitrogens with one attached hydrogen (secondary N) is 1. The van der Waals surface area contributed by atoms with Crippen molar-refractivity contribution in [3.63, 3.8) is 0 Å². The quantitative estimate of drug-likeness (QED) is 0.733. The van der Waals surface area contributed by atoms with Crippen LogP contribution in [0, 0.1) is 0 Å². The SMILES string of the molecule is Nc1cc2sc(N3CCOCC3)nc2nc1N1CCC[C@H](NC(=O)O)C1. The molecular weight excluding hydrogens is 356 g/mol. The lowest BCUT2D eigenvalue weighted by molar-refractivity contribution is 0.122. The van der Waals surface area contributed by atoms with Crippen LogP contribution in [0.2, 0.25) is 0 Å². The highest BCUT2D eigenvalue weighted by atomic mass is 32.1. The molecule has 4 rings (SSSR count). The van der Waals surface area contributed by atoms with Crippen molar-refractivity contribution in [1.29, 1.82) is 0 Å². The number of ether oxygens (including phenoxy) is 1. The van der Waals surface area contributed by atoms with Gasteiger partial charge in [0.25, 0.3) is 0 Å². The van der Waals surface area contributed by atoms with E-state index in [4.69, 9.17) is 20.6 Å². The van der Waals surface area contributed by atoms with Crippen LogP contribution in [0.1, 0.15) is 12.8 Å². The Labute approximate surface area is 154 Å². The smallest absolute Gasteiger partial charge is 0.404 e. The van der Waals surface area contributed by atoms with E-state index in [2.05, 4.69) is 15.2 Å². The van der Waals surface area contributed by atoms with E-state index in [1.807, 2.05) is 11.0 Å². The molecule has 2 aliphatic rings. The van der Waals surface area contributed by atoms with E-state index in [0.29, 0.717) is 36.9 Å². The zero-order chi connectivity index (χ0) is 18.1. The van der Waals surface area contributed by atoms with Crippen molar-refractivity contribution >= 4 is 44.4 Å². The highest BCUT2D eigenvalue weighted by molar-refractivity contribution is 7.22. The Bertz CT molecular complexity index is 807. The average Bonchev–Trinajstić information content (AvgIpc) is 3.04. The molecule has 0 saturated carbocycles. The molecule has 2 aliphatic heterocycles. The number of carbonyl (C=O) groups is 1. The molecule has 2 saturated heterocycles. The minimum atomic E-state index is -0.997. The first-order valence-corrected chi connectivity index (χ1v) is 9.56. The molecule has 0 unspecified atom stereocenters. The Kier molecular flexibility index (Phi) is 4.68. The second-order valence-corrected chi connectivity index (χ2v) is 7.56. The minimum Gasteiger partial charge on any atom is -0.465 e. The maximum absolute atomic E-state index is 10.9. The van der Waals surface area contributed by atoms with Crippen molar-refractivity contribution < 1.29 is 14.6 Å².